The molecule has 2 aromatic carbocycles. The lowest BCUT2D eigenvalue weighted by Crippen LogP contribution is -2.01. The minimum Gasteiger partial charge on any atom is -0.496 e. The van der Waals surface area contributed by atoms with Crippen LogP contribution in [0.2, 0.25) is 5.15 Å². The van der Waals surface area contributed by atoms with E-state index < -0.39 is 4.92 Å². The van der Waals surface area contributed by atoms with Crippen molar-refractivity contribution in [3.63, 3.8) is 0 Å². The normalized spacial score (nSPS) is 10.3. The molecule has 7 nitrogen and oxygen atoms in total. The Morgan fingerprint density at radius 1 is 1.12 bits per heavy atom. The first-order valence-electron chi connectivity index (χ1n) is 7.26. The molecule has 0 amide bonds. The average Bonchev–Trinajstić information content (AvgIpc) is 2.62. The third-order valence-corrected chi connectivity index (χ3v) is 3.58. The van der Waals surface area contributed by atoms with Gasteiger partial charge in [-0.3, -0.25) is 10.1 Å². The van der Waals surface area contributed by atoms with Crippen LogP contribution in [0.25, 0.3) is 11.4 Å². The maximum absolute atomic E-state index is 11.3. The summed E-state index contributed by atoms with van der Waals surface area (Å²) in [7, 11) is 1.45. The van der Waals surface area contributed by atoms with Crippen molar-refractivity contribution in [3.05, 3.63) is 69.9 Å². The van der Waals surface area contributed by atoms with E-state index >= 15 is 0 Å². The zero-order valence-corrected chi connectivity index (χ0v) is 13.9. The Kier molecular flexibility index (Phi) is 4.76. The molecule has 0 spiro atoms. The SMILES string of the molecule is COc1ccc(Nc2cc(Cl)nc(-c3ccccc3)n2)c([N+](=O)[O-])c1. The van der Waals surface area contributed by atoms with Crippen LogP contribution in [-0.4, -0.2) is 22.0 Å². The van der Waals surface area contributed by atoms with E-state index in [4.69, 9.17) is 16.3 Å². The number of aromatic nitrogens is 2. The van der Waals surface area contributed by atoms with Gasteiger partial charge in [0.05, 0.1) is 18.1 Å². The molecule has 0 aliphatic rings. The van der Waals surface area contributed by atoms with Gasteiger partial charge in [-0.15, -0.1) is 0 Å². The van der Waals surface area contributed by atoms with Crippen LogP contribution in [-0.2, 0) is 0 Å². The number of anilines is 2. The van der Waals surface area contributed by atoms with Crippen molar-refractivity contribution < 1.29 is 9.66 Å². The van der Waals surface area contributed by atoms with Gasteiger partial charge in [-0.05, 0) is 12.1 Å². The van der Waals surface area contributed by atoms with E-state index in [0.717, 1.165) is 5.56 Å². The number of hydrogen-bond donors (Lipinski definition) is 1. The number of nitrogens with zero attached hydrogens (tertiary/aromatic N) is 3. The minimum atomic E-state index is -0.494. The fourth-order valence-electron chi connectivity index (χ4n) is 2.23. The lowest BCUT2D eigenvalue weighted by Gasteiger charge is -2.09. The van der Waals surface area contributed by atoms with Gasteiger partial charge in [0.25, 0.3) is 5.69 Å². The van der Waals surface area contributed by atoms with E-state index in [2.05, 4.69) is 15.3 Å². The molecule has 0 unspecified atom stereocenters. The van der Waals surface area contributed by atoms with Crippen molar-refractivity contribution in [1.82, 2.24) is 9.97 Å². The van der Waals surface area contributed by atoms with Gasteiger partial charge in [-0.1, -0.05) is 41.9 Å². The number of nitro groups is 1. The number of ether oxygens (including phenoxy) is 1. The molecule has 1 aromatic heterocycles. The van der Waals surface area contributed by atoms with Crippen molar-refractivity contribution in [2.75, 3.05) is 12.4 Å². The van der Waals surface area contributed by atoms with Crippen molar-refractivity contribution in [1.29, 1.82) is 0 Å². The molecule has 3 rings (SSSR count). The Labute approximate surface area is 148 Å². The average molecular weight is 357 g/mol. The molecule has 0 saturated heterocycles. The highest BCUT2D eigenvalue weighted by Gasteiger charge is 2.16. The van der Waals surface area contributed by atoms with Crippen LogP contribution >= 0.6 is 11.6 Å². The maximum Gasteiger partial charge on any atom is 0.296 e. The van der Waals surface area contributed by atoms with Crippen LogP contribution in [0.15, 0.2) is 54.6 Å². The van der Waals surface area contributed by atoms with E-state index in [1.54, 1.807) is 12.1 Å². The molecule has 0 fully saturated rings. The Morgan fingerprint density at radius 2 is 1.88 bits per heavy atom. The van der Waals surface area contributed by atoms with E-state index in [0.29, 0.717) is 17.4 Å². The molecular formula is C17H13ClN4O3. The highest BCUT2D eigenvalue weighted by molar-refractivity contribution is 6.29. The smallest absolute Gasteiger partial charge is 0.296 e. The van der Waals surface area contributed by atoms with Gasteiger partial charge >= 0.3 is 0 Å². The van der Waals surface area contributed by atoms with E-state index in [1.807, 2.05) is 30.3 Å². The number of halogens is 1. The van der Waals surface area contributed by atoms with Crippen molar-refractivity contribution in [2.24, 2.45) is 0 Å². The Balaban J connectivity index is 1.99. The topological polar surface area (TPSA) is 90.2 Å². The fraction of sp³-hybridized carbons (Fsp3) is 0.0588. The number of nitro benzene ring substituents is 1. The summed E-state index contributed by atoms with van der Waals surface area (Å²) < 4.78 is 5.03. The largest absolute Gasteiger partial charge is 0.496 e. The second-order valence-electron chi connectivity index (χ2n) is 5.03. The molecule has 0 aliphatic heterocycles. The molecule has 1 heterocycles. The molecule has 8 heteroatoms. The lowest BCUT2D eigenvalue weighted by molar-refractivity contribution is -0.384. The summed E-state index contributed by atoms with van der Waals surface area (Å²) in [6.07, 6.45) is 0. The van der Waals surface area contributed by atoms with Crippen molar-refractivity contribution in [3.8, 4) is 17.1 Å². The third-order valence-electron chi connectivity index (χ3n) is 3.39. The zero-order valence-electron chi connectivity index (χ0n) is 13.1. The first kappa shape index (κ1) is 16.7. The van der Waals surface area contributed by atoms with Gasteiger partial charge in [0, 0.05) is 11.6 Å². The highest BCUT2D eigenvalue weighted by Crippen LogP contribution is 2.31. The molecule has 0 radical (unpaired) electrons. The minimum absolute atomic E-state index is 0.129. The molecule has 0 bridgehead atoms. The highest BCUT2D eigenvalue weighted by atomic mass is 35.5. The molecule has 25 heavy (non-hydrogen) atoms. The molecule has 0 aliphatic carbocycles. The number of benzene rings is 2. The van der Waals surface area contributed by atoms with Crippen LogP contribution in [0.1, 0.15) is 0 Å². The van der Waals surface area contributed by atoms with Crippen LogP contribution in [0, 0.1) is 10.1 Å². The fourth-order valence-corrected chi connectivity index (χ4v) is 2.41. The lowest BCUT2D eigenvalue weighted by atomic mass is 10.2. The number of hydrogen-bond acceptors (Lipinski definition) is 6. The zero-order chi connectivity index (χ0) is 17.8. The maximum atomic E-state index is 11.3. The van der Waals surface area contributed by atoms with Crippen LogP contribution in [0.5, 0.6) is 5.75 Å². The van der Waals surface area contributed by atoms with Gasteiger partial charge < -0.3 is 10.1 Å². The van der Waals surface area contributed by atoms with E-state index in [1.165, 1.54) is 19.2 Å². The Bertz CT molecular complexity index is 919. The van der Waals surface area contributed by atoms with E-state index in [-0.39, 0.29) is 16.5 Å². The summed E-state index contributed by atoms with van der Waals surface area (Å²) in [4.78, 5) is 19.4. The molecule has 0 saturated carbocycles. The second kappa shape index (κ2) is 7.14. The first-order chi connectivity index (χ1) is 12.1. The van der Waals surface area contributed by atoms with Crippen LogP contribution < -0.4 is 10.1 Å². The Hall–Kier alpha value is -3.19. The monoisotopic (exact) mass is 356 g/mol. The Morgan fingerprint density at radius 3 is 2.56 bits per heavy atom. The molecule has 126 valence electrons. The van der Waals surface area contributed by atoms with Crippen molar-refractivity contribution >= 4 is 28.8 Å². The summed E-state index contributed by atoms with van der Waals surface area (Å²) in [5.74, 6) is 1.17. The standard InChI is InChI=1S/C17H13ClN4O3/c1-25-12-7-8-13(14(9-12)22(23)24)19-16-10-15(18)20-17(21-16)11-5-3-2-4-6-11/h2-10H,1H3,(H,19,20,21). The van der Waals surface area contributed by atoms with Gasteiger partial charge in [0.2, 0.25) is 0 Å². The van der Waals surface area contributed by atoms with Crippen LogP contribution in [0.3, 0.4) is 0 Å². The molecular weight excluding hydrogens is 344 g/mol. The predicted molar refractivity (Wildman–Crippen MR) is 95.4 cm³/mol. The quantitative estimate of drug-likeness (QED) is 0.412. The van der Waals surface area contributed by atoms with Crippen molar-refractivity contribution in [2.45, 2.75) is 0 Å². The van der Waals surface area contributed by atoms with Gasteiger partial charge in [0.15, 0.2) is 5.82 Å². The predicted octanol–water partition coefficient (Wildman–Crippen LogP) is 4.46. The summed E-state index contributed by atoms with van der Waals surface area (Å²) in [5.41, 5.74) is 0.937. The second-order valence-corrected chi connectivity index (χ2v) is 5.42. The van der Waals surface area contributed by atoms with Gasteiger partial charge in [-0.25, -0.2) is 9.97 Å². The number of rotatable bonds is 5. The molecule has 0 atom stereocenters. The van der Waals surface area contributed by atoms with Gasteiger partial charge in [0.1, 0.15) is 22.4 Å². The number of methoxy groups -OCH3 is 1. The summed E-state index contributed by atoms with van der Waals surface area (Å²) in [5, 5.41) is 14.4. The summed E-state index contributed by atoms with van der Waals surface area (Å²) in [6, 6.07) is 15.3. The molecule has 3 aromatic rings. The third kappa shape index (κ3) is 3.84. The molecule has 1 N–H and O–H groups in total. The van der Waals surface area contributed by atoms with E-state index in [9.17, 15) is 10.1 Å². The number of nitrogens with one attached hydrogen (secondary N) is 1. The summed E-state index contributed by atoms with van der Waals surface area (Å²) >= 11 is 6.07. The van der Waals surface area contributed by atoms with Crippen LogP contribution in [0.4, 0.5) is 17.2 Å². The first-order valence-corrected chi connectivity index (χ1v) is 7.64. The summed E-state index contributed by atoms with van der Waals surface area (Å²) in [6.45, 7) is 0. The van der Waals surface area contributed by atoms with Gasteiger partial charge in [-0.2, -0.15) is 0 Å².